The van der Waals surface area contributed by atoms with Gasteiger partial charge in [0.15, 0.2) is 0 Å². The molecule has 1 fully saturated rings. The number of rotatable bonds is 4. The Balaban J connectivity index is 1.77. The molecule has 170 valence electrons. The lowest BCUT2D eigenvalue weighted by Crippen LogP contribution is -2.50. The Hall–Kier alpha value is -2.04. The van der Waals surface area contributed by atoms with E-state index in [0.717, 1.165) is 34.4 Å². The third-order valence-electron chi connectivity index (χ3n) is 5.53. The molecule has 2 heterocycles. The van der Waals surface area contributed by atoms with Crippen LogP contribution < -0.4 is 0 Å². The summed E-state index contributed by atoms with van der Waals surface area (Å²) in [6, 6.07) is 4.36. The first kappa shape index (κ1) is 23.6. The van der Waals surface area contributed by atoms with Gasteiger partial charge in [-0.3, -0.25) is 4.79 Å². The van der Waals surface area contributed by atoms with E-state index in [1.54, 1.807) is 4.90 Å². The number of amides is 1. The molecule has 0 radical (unpaired) electrons. The van der Waals surface area contributed by atoms with Crippen molar-refractivity contribution in [2.75, 3.05) is 26.2 Å². The first-order chi connectivity index (χ1) is 14.4. The lowest BCUT2D eigenvalue weighted by Gasteiger charge is -2.34. The second-order valence-corrected chi connectivity index (χ2v) is 9.71. The number of benzene rings is 1. The summed E-state index contributed by atoms with van der Waals surface area (Å²) in [7, 11) is -4.16. The molecule has 31 heavy (non-hydrogen) atoms. The van der Waals surface area contributed by atoms with E-state index in [1.807, 2.05) is 31.4 Å². The molecule has 11 heteroatoms. The summed E-state index contributed by atoms with van der Waals surface area (Å²) < 4.78 is 68.2. The minimum atomic E-state index is -4.77. The third kappa shape index (κ3) is 4.47. The number of hydrogen-bond acceptors (Lipinski definition) is 3. The molecule has 1 aromatic carbocycles. The van der Waals surface area contributed by atoms with E-state index in [2.05, 4.69) is 0 Å². The Bertz CT molecular complexity index is 1100. The predicted molar refractivity (Wildman–Crippen MR) is 111 cm³/mol. The van der Waals surface area contributed by atoms with Crippen molar-refractivity contribution in [1.82, 2.24) is 13.8 Å². The van der Waals surface area contributed by atoms with E-state index >= 15 is 0 Å². The smallest absolute Gasteiger partial charge is 0.349 e. The molecule has 2 aromatic rings. The fourth-order valence-corrected chi connectivity index (χ4v) is 5.51. The zero-order valence-corrected chi connectivity index (χ0v) is 18.9. The first-order valence-corrected chi connectivity index (χ1v) is 11.5. The highest BCUT2D eigenvalue weighted by atomic mass is 35.5. The Morgan fingerprint density at radius 1 is 1.10 bits per heavy atom. The van der Waals surface area contributed by atoms with Gasteiger partial charge < -0.3 is 9.47 Å². The molecule has 6 nitrogen and oxygen atoms in total. The van der Waals surface area contributed by atoms with Gasteiger partial charge >= 0.3 is 6.18 Å². The summed E-state index contributed by atoms with van der Waals surface area (Å²) in [5, 5.41) is -0.563. The zero-order chi connectivity index (χ0) is 23.1. The SMILES string of the molecule is CCn1c(C)cc(C(=O)N2CCN(S(=O)(=O)c3ccc(Cl)c(C(F)(F)F)c3)CC2)c1C. The van der Waals surface area contributed by atoms with E-state index in [0.29, 0.717) is 11.6 Å². The average Bonchev–Trinajstić information content (AvgIpc) is 3.00. The fourth-order valence-electron chi connectivity index (χ4n) is 3.84. The molecule has 0 bridgehead atoms. The molecular weight excluding hydrogens is 455 g/mol. The molecule has 1 aliphatic rings. The summed E-state index contributed by atoms with van der Waals surface area (Å²) in [4.78, 5) is 14.0. The van der Waals surface area contributed by atoms with Crippen LogP contribution in [0.4, 0.5) is 13.2 Å². The van der Waals surface area contributed by atoms with Gasteiger partial charge in [-0.1, -0.05) is 11.6 Å². The second-order valence-electron chi connectivity index (χ2n) is 7.36. The summed E-state index contributed by atoms with van der Waals surface area (Å²) in [6.45, 7) is 6.77. The van der Waals surface area contributed by atoms with Gasteiger partial charge in [0.05, 0.1) is 21.0 Å². The van der Waals surface area contributed by atoms with Crippen LogP contribution in [0.1, 0.15) is 34.2 Å². The summed E-state index contributed by atoms with van der Waals surface area (Å²) in [5.41, 5.74) is 1.19. The summed E-state index contributed by atoms with van der Waals surface area (Å²) in [5.74, 6) is -0.185. The molecule has 1 aliphatic heterocycles. The lowest BCUT2D eigenvalue weighted by atomic mass is 10.2. The van der Waals surface area contributed by atoms with Crippen molar-refractivity contribution in [2.45, 2.75) is 38.4 Å². The Morgan fingerprint density at radius 3 is 2.23 bits per heavy atom. The van der Waals surface area contributed by atoms with Gasteiger partial charge in [-0.2, -0.15) is 17.5 Å². The molecule has 0 saturated carbocycles. The number of hydrogen-bond donors (Lipinski definition) is 0. The number of aromatic nitrogens is 1. The quantitative estimate of drug-likeness (QED) is 0.670. The van der Waals surface area contributed by atoms with Crippen LogP contribution in [0.15, 0.2) is 29.2 Å². The summed E-state index contributed by atoms with van der Waals surface area (Å²) in [6.07, 6.45) is -4.77. The lowest BCUT2D eigenvalue weighted by molar-refractivity contribution is -0.137. The Kier molecular flexibility index (Phi) is 6.46. The van der Waals surface area contributed by atoms with Crippen molar-refractivity contribution in [3.05, 3.63) is 51.8 Å². The number of alkyl halides is 3. The van der Waals surface area contributed by atoms with E-state index in [1.165, 1.54) is 0 Å². The minimum absolute atomic E-state index is 0.00936. The second kappa shape index (κ2) is 8.48. The van der Waals surface area contributed by atoms with Crippen molar-refractivity contribution in [2.24, 2.45) is 0 Å². The third-order valence-corrected chi connectivity index (χ3v) is 7.75. The van der Waals surface area contributed by atoms with E-state index < -0.39 is 31.7 Å². The van der Waals surface area contributed by atoms with Crippen LogP contribution in [-0.4, -0.2) is 54.3 Å². The van der Waals surface area contributed by atoms with Crippen molar-refractivity contribution in [1.29, 1.82) is 0 Å². The van der Waals surface area contributed by atoms with Crippen LogP contribution in [-0.2, 0) is 22.7 Å². The normalized spacial score (nSPS) is 16.0. The predicted octanol–water partition coefficient (Wildman–Crippen LogP) is 3.94. The maximum absolute atomic E-state index is 13.1. The highest BCUT2D eigenvalue weighted by Crippen LogP contribution is 2.36. The maximum atomic E-state index is 13.1. The van der Waals surface area contributed by atoms with E-state index in [4.69, 9.17) is 11.6 Å². The van der Waals surface area contributed by atoms with Gasteiger partial charge in [-0.05, 0) is 45.0 Å². The molecule has 1 amide bonds. The molecule has 1 aromatic heterocycles. The molecular formula is C20H23ClF3N3O3S. The topological polar surface area (TPSA) is 62.6 Å². The van der Waals surface area contributed by atoms with Crippen LogP contribution >= 0.6 is 11.6 Å². The van der Waals surface area contributed by atoms with Gasteiger partial charge in [0.25, 0.3) is 5.91 Å². The standard InChI is InChI=1S/C20H23ClF3N3O3S/c1-4-27-13(2)11-16(14(27)3)19(28)25-7-9-26(10-8-25)31(29,30)15-5-6-18(21)17(12-15)20(22,23)24/h5-6,11-12H,4,7-10H2,1-3H3. The first-order valence-electron chi connectivity index (χ1n) is 9.70. The molecule has 0 aliphatic carbocycles. The van der Waals surface area contributed by atoms with Gasteiger partial charge in [0.2, 0.25) is 10.0 Å². The molecule has 0 spiro atoms. The summed E-state index contributed by atoms with van der Waals surface area (Å²) >= 11 is 5.59. The zero-order valence-electron chi connectivity index (χ0n) is 17.3. The van der Waals surface area contributed by atoms with E-state index in [-0.39, 0.29) is 32.1 Å². The fraction of sp³-hybridized carbons (Fsp3) is 0.450. The minimum Gasteiger partial charge on any atom is -0.349 e. The number of sulfonamides is 1. The molecule has 0 N–H and O–H groups in total. The van der Waals surface area contributed by atoms with Crippen LogP contribution in [0, 0.1) is 13.8 Å². The number of carbonyl (C=O) groups excluding carboxylic acids is 1. The van der Waals surface area contributed by atoms with Crippen molar-refractivity contribution in [3.63, 3.8) is 0 Å². The van der Waals surface area contributed by atoms with Crippen molar-refractivity contribution < 1.29 is 26.4 Å². The van der Waals surface area contributed by atoms with Crippen LogP contribution in [0.2, 0.25) is 5.02 Å². The molecule has 1 saturated heterocycles. The number of piperazine rings is 1. The monoisotopic (exact) mass is 477 g/mol. The van der Waals surface area contributed by atoms with E-state index in [9.17, 15) is 26.4 Å². The van der Waals surface area contributed by atoms with Crippen LogP contribution in [0.5, 0.6) is 0 Å². The largest absolute Gasteiger partial charge is 0.417 e. The number of nitrogens with zero attached hydrogens (tertiary/aromatic N) is 3. The highest BCUT2D eigenvalue weighted by Gasteiger charge is 2.36. The average molecular weight is 478 g/mol. The molecule has 0 atom stereocenters. The maximum Gasteiger partial charge on any atom is 0.417 e. The number of carbonyl (C=O) groups is 1. The van der Waals surface area contributed by atoms with Crippen molar-refractivity contribution >= 4 is 27.5 Å². The van der Waals surface area contributed by atoms with Crippen LogP contribution in [0.25, 0.3) is 0 Å². The van der Waals surface area contributed by atoms with Crippen LogP contribution in [0.3, 0.4) is 0 Å². The number of aryl methyl sites for hydroxylation is 1. The molecule has 0 unspecified atom stereocenters. The Morgan fingerprint density at radius 2 is 1.71 bits per heavy atom. The van der Waals surface area contributed by atoms with Gasteiger partial charge in [-0.15, -0.1) is 0 Å². The van der Waals surface area contributed by atoms with Crippen molar-refractivity contribution in [3.8, 4) is 0 Å². The van der Waals surface area contributed by atoms with Gasteiger partial charge in [0, 0.05) is 44.1 Å². The Labute approximate surface area is 184 Å². The number of halogens is 4. The van der Waals surface area contributed by atoms with Gasteiger partial charge in [0.1, 0.15) is 0 Å². The molecule has 3 rings (SSSR count). The van der Waals surface area contributed by atoms with Gasteiger partial charge in [-0.25, -0.2) is 8.42 Å². The highest BCUT2D eigenvalue weighted by molar-refractivity contribution is 7.89.